The summed E-state index contributed by atoms with van der Waals surface area (Å²) in [6.07, 6.45) is 2.90. The summed E-state index contributed by atoms with van der Waals surface area (Å²) >= 11 is 5.96. The highest BCUT2D eigenvalue weighted by Gasteiger charge is 2.16. The molecule has 0 saturated carbocycles. The van der Waals surface area contributed by atoms with Crippen molar-refractivity contribution in [2.45, 2.75) is 4.90 Å². The van der Waals surface area contributed by atoms with Crippen LogP contribution in [0.3, 0.4) is 0 Å². The molecule has 0 heterocycles. The van der Waals surface area contributed by atoms with E-state index in [1.54, 1.807) is 60.7 Å². The van der Waals surface area contributed by atoms with Crippen molar-refractivity contribution < 1.29 is 22.7 Å². The Kier molecular flexibility index (Phi) is 7.40. The molecule has 9 heteroatoms. The maximum absolute atomic E-state index is 12.7. The van der Waals surface area contributed by atoms with Crippen molar-refractivity contribution in [2.24, 2.45) is 0 Å². The number of halogens is 1. The number of ether oxygens (including phenoxy) is 2. The number of carbonyl (C=O) groups excluding carboxylic acids is 1. The van der Waals surface area contributed by atoms with Crippen LogP contribution >= 0.6 is 11.6 Å². The molecule has 0 fully saturated rings. The molecule has 0 aliphatic rings. The van der Waals surface area contributed by atoms with Crippen molar-refractivity contribution in [1.29, 1.82) is 0 Å². The molecule has 3 rings (SSSR count). The second-order valence-electron chi connectivity index (χ2n) is 6.54. The number of carbonyl (C=O) groups is 1. The van der Waals surface area contributed by atoms with Gasteiger partial charge in [-0.1, -0.05) is 35.9 Å². The second-order valence-corrected chi connectivity index (χ2v) is 8.66. The van der Waals surface area contributed by atoms with E-state index >= 15 is 0 Å². The third-order valence-electron chi connectivity index (χ3n) is 4.39. The Labute approximate surface area is 191 Å². The van der Waals surface area contributed by atoms with Crippen molar-refractivity contribution in [3.63, 3.8) is 0 Å². The van der Waals surface area contributed by atoms with Gasteiger partial charge in [-0.25, -0.2) is 8.42 Å². The first-order valence-corrected chi connectivity index (χ1v) is 11.3. The summed E-state index contributed by atoms with van der Waals surface area (Å²) in [5.41, 5.74) is 1.43. The molecule has 0 aliphatic heterocycles. The monoisotopic (exact) mass is 472 g/mol. The molecule has 7 nitrogen and oxygen atoms in total. The predicted molar refractivity (Wildman–Crippen MR) is 126 cm³/mol. The Bertz CT molecular complexity index is 1240. The number of sulfonamides is 1. The molecule has 3 aromatic rings. The number of hydrogen-bond donors (Lipinski definition) is 2. The van der Waals surface area contributed by atoms with Gasteiger partial charge in [-0.15, -0.1) is 0 Å². The molecule has 2 N–H and O–H groups in total. The van der Waals surface area contributed by atoms with E-state index in [1.807, 2.05) is 0 Å². The van der Waals surface area contributed by atoms with E-state index in [4.69, 9.17) is 21.1 Å². The van der Waals surface area contributed by atoms with Gasteiger partial charge in [0, 0.05) is 11.1 Å². The molecule has 1 amide bonds. The van der Waals surface area contributed by atoms with Gasteiger partial charge in [0.1, 0.15) is 11.5 Å². The summed E-state index contributed by atoms with van der Waals surface area (Å²) in [6.45, 7) is 0. The summed E-state index contributed by atoms with van der Waals surface area (Å²) in [5, 5.41) is 3.16. The van der Waals surface area contributed by atoms with E-state index in [9.17, 15) is 13.2 Å². The molecule has 0 atom stereocenters. The third kappa shape index (κ3) is 5.81. The molecule has 166 valence electrons. The molecule has 3 aromatic carbocycles. The van der Waals surface area contributed by atoms with Gasteiger partial charge in [0.2, 0.25) is 5.91 Å². The molecule has 0 aliphatic carbocycles. The Morgan fingerprint density at radius 3 is 2.25 bits per heavy atom. The number of methoxy groups -OCH3 is 2. The zero-order valence-electron chi connectivity index (χ0n) is 17.3. The number of benzene rings is 3. The maximum atomic E-state index is 12.7. The summed E-state index contributed by atoms with van der Waals surface area (Å²) in [4.78, 5) is 12.3. The standard InChI is InChI=1S/C23H21ClN2O5S/c1-30-21-6-4-3-5-19(21)26-32(28,29)18-11-7-16(8-12-18)9-14-23(27)25-20-15-17(24)10-13-22(20)31-2/h3-15,26H,1-2H3,(H,25,27)/b14-9+. The van der Waals surface area contributed by atoms with E-state index in [1.165, 1.54) is 32.4 Å². The quantitative estimate of drug-likeness (QED) is 0.459. The van der Waals surface area contributed by atoms with E-state index in [0.717, 1.165) is 0 Å². The van der Waals surface area contributed by atoms with Gasteiger partial charge in [0.05, 0.1) is 30.5 Å². The molecule has 0 spiro atoms. The fourth-order valence-corrected chi connectivity index (χ4v) is 4.06. The fourth-order valence-electron chi connectivity index (χ4n) is 2.81. The first kappa shape index (κ1) is 23.2. The van der Waals surface area contributed by atoms with Gasteiger partial charge in [-0.3, -0.25) is 9.52 Å². The van der Waals surface area contributed by atoms with Crippen molar-refractivity contribution >= 4 is 45.0 Å². The van der Waals surface area contributed by atoms with E-state index < -0.39 is 10.0 Å². The lowest BCUT2D eigenvalue weighted by Gasteiger charge is -2.11. The largest absolute Gasteiger partial charge is 0.495 e. The highest BCUT2D eigenvalue weighted by atomic mass is 35.5. The zero-order chi connectivity index (χ0) is 23.1. The van der Waals surface area contributed by atoms with Crippen molar-refractivity contribution in [1.82, 2.24) is 0 Å². The van der Waals surface area contributed by atoms with Gasteiger partial charge in [-0.2, -0.15) is 0 Å². The van der Waals surface area contributed by atoms with Crippen LogP contribution in [0.15, 0.2) is 77.7 Å². The van der Waals surface area contributed by atoms with Crippen LogP contribution in [-0.4, -0.2) is 28.5 Å². The second kappa shape index (κ2) is 10.2. The van der Waals surface area contributed by atoms with Crippen molar-refractivity contribution in [3.8, 4) is 11.5 Å². The van der Waals surface area contributed by atoms with Crippen LogP contribution < -0.4 is 19.5 Å². The fraction of sp³-hybridized carbons (Fsp3) is 0.0870. The topological polar surface area (TPSA) is 93.7 Å². The highest BCUT2D eigenvalue weighted by Crippen LogP contribution is 2.28. The molecule has 0 unspecified atom stereocenters. The summed E-state index contributed by atoms with van der Waals surface area (Å²) < 4.78 is 38.2. The molecular formula is C23H21ClN2O5S. The molecule has 0 bridgehead atoms. The average molecular weight is 473 g/mol. The van der Waals surface area contributed by atoms with E-state index in [2.05, 4.69) is 10.0 Å². The van der Waals surface area contributed by atoms with Crippen LogP contribution in [0.25, 0.3) is 6.08 Å². The first-order chi connectivity index (χ1) is 15.3. The summed E-state index contributed by atoms with van der Waals surface area (Å²) in [6, 6.07) is 17.7. The van der Waals surface area contributed by atoms with Crippen molar-refractivity contribution in [2.75, 3.05) is 24.3 Å². The number of anilines is 2. The first-order valence-electron chi connectivity index (χ1n) is 9.41. The average Bonchev–Trinajstić information content (AvgIpc) is 2.78. The van der Waals surface area contributed by atoms with E-state index in [0.29, 0.717) is 33.5 Å². The normalized spacial score (nSPS) is 11.2. The minimum Gasteiger partial charge on any atom is -0.495 e. The Balaban J connectivity index is 1.69. The van der Waals surface area contributed by atoms with Gasteiger partial charge >= 0.3 is 0 Å². The zero-order valence-corrected chi connectivity index (χ0v) is 18.9. The maximum Gasteiger partial charge on any atom is 0.262 e. The van der Waals surface area contributed by atoms with Gasteiger partial charge in [0.15, 0.2) is 0 Å². The summed E-state index contributed by atoms with van der Waals surface area (Å²) in [7, 11) is -0.848. The van der Waals surface area contributed by atoms with Crippen LogP contribution in [0.2, 0.25) is 5.02 Å². The molecule has 32 heavy (non-hydrogen) atoms. The van der Waals surface area contributed by atoms with Crippen LogP contribution in [0.1, 0.15) is 5.56 Å². The van der Waals surface area contributed by atoms with Gasteiger partial charge in [-0.05, 0) is 54.1 Å². The van der Waals surface area contributed by atoms with Gasteiger partial charge in [0.25, 0.3) is 10.0 Å². The lowest BCUT2D eigenvalue weighted by Crippen LogP contribution is -2.13. The van der Waals surface area contributed by atoms with Crippen LogP contribution in [0.5, 0.6) is 11.5 Å². The Morgan fingerprint density at radius 1 is 0.906 bits per heavy atom. The van der Waals surface area contributed by atoms with Crippen LogP contribution in [0.4, 0.5) is 11.4 Å². The Morgan fingerprint density at radius 2 is 1.56 bits per heavy atom. The smallest absolute Gasteiger partial charge is 0.262 e. The minimum atomic E-state index is -3.81. The van der Waals surface area contributed by atoms with Crippen molar-refractivity contribution in [3.05, 3.63) is 83.4 Å². The van der Waals surface area contributed by atoms with Crippen LogP contribution in [-0.2, 0) is 14.8 Å². The Hall–Kier alpha value is -3.49. The minimum absolute atomic E-state index is 0.0775. The number of nitrogens with one attached hydrogen (secondary N) is 2. The highest BCUT2D eigenvalue weighted by molar-refractivity contribution is 7.92. The molecule has 0 aromatic heterocycles. The van der Waals surface area contributed by atoms with Gasteiger partial charge < -0.3 is 14.8 Å². The molecule has 0 saturated heterocycles. The lowest BCUT2D eigenvalue weighted by atomic mass is 10.2. The number of amides is 1. The summed E-state index contributed by atoms with van der Waals surface area (Å²) in [5.74, 6) is 0.506. The van der Waals surface area contributed by atoms with Crippen LogP contribution in [0, 0.1) is 0 Å². The predicted octanol–water partition coefficient (Wildman–Crippen LogP) is 4.81. The molecular weight excluding hydrogens is 452 g/mol. The lowest BCUT2D eigenvalue weighted by molar-refractivity contribution is -0.111. The molecule has 0 radical (unpaired) electrons. The SMILES string of the molecule is COc1ccc(Cl)cc1NC(=O)/C=C/c1ccc(S(=O)(=O)Nc2ccccc2OC)cc1. The third-order valence-corrected chi connectivity index (χ3v) is 6.00. The van der Waals surface area contributed by atoms with E-state index in [-0.39, 0.29) is 10.8 Å². The number of para-hydroxylation sites is 2. The number of hydrogen-bond acceptors (Lipinski definition) is 5. The number of rotatable bonds is 8.